The van der Waals surface area contributed by atoms with Gasteiger partial charge in [0.2, 0.25) is 5.89 Å². The van der Waals surface area contributed by atoms with Gasteiger partial charge in [0, 0.05) is 17.1 Å². The van der Waals surface area contributed by atoms with Crippen LogP contribution in [0.25, 0.3) is 0 Å². The lowest BCUT2D eigenvalue weighted by atomic mass is 10.1. The maximum absolute atomic E-state index is 5.80. The van der Waals surface area contributed by atoms with Gasteiger partial charge in [0.15, 0.2) is 5.82 Å². The van der Waals surface area contributed by atoms with Crippen molar-refractivity contribution >= 4 is 11.3 Å². The Bertz CT molecular complexity index is 491. The highest BCUT2D eigenvalue weighted by molar-refractivity contribution is 7.09. The van der Waals surface area contributed by atoms with Gasteiger partial charge >= 0.3 is 0 Å². The molecule has 2 aromatic heterocycles. The Kier molecular flexibility index (Phi) is 3.54. The van der Waals surface area contributed by atoms with Gasteiger partial charge in [-0.15, -0.1) is 11.3 Å². The van der Waals surface area contributed by atoms with Crippen LogP contribution in [0, 0.1) is 6.92 Å². The second kappa shape index (κ2) is 4.93. The molecule has 2 heterocycles. The van der Waals surface area contributed by atoms with Crippen molar-refractivity contribution in [2.75, 3.05) is 0 Å². The lowest BCUT2D eigenvalue weighted by molar-refractivity contribution is 0.343. The summed E-state index contributed by atoms with van der Waals surface area (Å²) in [5.74, 6) is 1.35. The van der Waals surface area contributed by atoms with E-state index in [0.29, 0.717) is 18.1 Å². The number of hydrogen-bond acceptors (Lipinski definition) is 6. The van der Waals surface area contributed by atoms with Crippen LogP contribution in [-0.2, 0) is 6.42 Å². The molecule has 5 nitrogen and oxygen atoms in total. The zero-order valence-corrected chi connectivity index (χ0v) is 11.0. The van der Waals surface area contributed by atoms with Crippen LogP contribution in [0.4, 0.5) is 0 Å². The zero-order chi connectivity index (χ0) is 12.4. The molecule has 2 rings (SSSR count). The molecular weight excluding hydrogens is 236 g/mol. The molecule has 0 aliphatic carbocycles. The van der Waals surface area contributed by atoms with Crippen LogP contribution in [0.15, 0.2) is 9.90 Å². The molecule has 6 heteroatoms. The lowest BCUT2D eigenvalue weighted by Crippen LogP contribution is -2.22. The van der Waals surface area contributed by atoms with Gasteiger partial charge in [0.05, 0.1) is 12.3 Å². The Morgan fingerprint density at radius 1 is 1.41 bits per heavy atom. The Labute approximate surface area is 104 Å². The van der Waals surface area contributed by atoms with Crippen LogP contribution >= 0.6 is 11.3 Å². The molecule has 0 amide bonds. The van der Waals surface area contributed by atoms with Crippen LogP contribution in [0.5, 0.6) is 0 Å². The van der Waals surface area contributed by atoms with Gasteiger partial charge in [-0.05, 0) is 13.8 Å². The molecular formula is C11H16N4OS. The Morgan fingerprint density at radius 3 is 2.76 bits per heavy atom. The number of aryl methyl sites for hydroxylation is 1. The van der Waals surface area contributed by atoms with E-state index in [2.05, 4.69) is 15.1 Å². The summed E-state index contributed by atoms with van der Waals surface area (Å²) in [5, 5.41) is 6.97. The maximum atomic E-state index is 5.80. The minimum absolute atomic E-state index is 0.00501. The van der Waals surface area contributed by atoms with Crippen molar-refractivity contribution in [1.82, 2.24) is 15.1 Å². The summed E-state index contributed by atoms with van der Waals surface area (Å²) in [7, 11) is 0. The van der Waals surface area contributed by atoms with Crippen LogP contribution in [0.1, 0.15) is 42.2 Å². The van der Waals surface area contributed by atoms with Crippen molar-refractivity contribution in [1.29, 1.82) is 0 Å². The van der Waals surface area contributed by atoms with Crippen LogP contribution in [-0.4, -0.2) is 21.2 Å². The molecule has 17 heavy (non-hydrogen) atoms. The van der Waals surface area contributed by atoms with Gasteiger partial charge in [0.1, 0.15) is 5.01 Å². The second-order valence-electron chi connectivity index (χ2n) is 4.26. The summed E-state index contributed by atoms with van der Waals surface area (Å²) in [6.45, 7) is 5.88. The SMILES string of the molecule is Cc1csc(Cc2noc(C(C)C(C)N)n2)n1. The first-order valence-corrected chi connectivity index (χ1v) is 6.43. The predicted octanol–water partition coefficient (Wildman–Crippen LogP) is 1.88. The van der Waals surface area contributed by atoms with Gasteiger partial charge < -0.3 is 10.3 Å². The summed E-state index contributed by atoms with van der Waals surface area (Å²) >= 11 is 1.61. The number of thiazole rings is 1. The third kappa shape index (κ3) is 2.89. The fraction of sp³-hybridized carbons (Fsp3) is 0.545. The Balaban J connectivity index is 2.08. The minimum atomic E-state index is 0.00501. The van der Waals surface area contributed by atoms with Crippen molar-refractivity contribution in [2.24, 2.45) is 5.73 Å². The largest absolute Gasteiger partial charge is 0.339 e. The Hall–Kier alpha value is -1.27. The van der Waals surface area contributed by atoms with E-state index < -0.39 is 0 Å². The van der Waals surface area contributed by atoms with E-state index in [1.807, 2.05) is 26.2 Å². The van der Waals surface area contributed by atoms with Gasteiger partial charge in [0.25, 0.3) is 0 Å². The summed E-state index contributed by atoms with van der Waals surface area (Å²) in [5.41, 5.74) is 6.82. The standard InChI is InChI=1S/C11H16N4OS/c1-6-5-17-10(13-6)4-9-14-11(16-15-9)7(2)8(3)12/h5,7-8H,4,12H2,1-3H3. The van der Waals surface area contributed by atoms with Crippen molar-refractivity contribution in [3.05, 3.63) is 27.8 Å². The van der Waals surface area contributed by atoms with E-state index in [1.165, 1.54) is 0 Å². The van der Waals surface area contributed by atoms with Crippen molar-refractivity contribution in [2.45, 2.75) is 39.2 Å². The van der Waals surface area contributed by atoms with Crippen molar-refractivity contribution in [3.63, 3.8) is 0 Å². The number of rotatable bonds is 4. The molecule has 2 N–H and O–H groups in total. The van der Waals surface area contributed by atoms with E-state index in [4.69, 9.17) is 10.3 Å². The summed E-state index contributed by atoms with van der Waals surface area (Å²) in [6, 6.07) is 0.00501. The van der Waals surface area contributed by atoms with Crippen molar-refractivity contribution in [3.8, 4) is 0 Å². The quantitative estimate of drug-likeness (QED) is 0.898. The fourth-order valence-electron chi connectivity index (χ4n) is 1.37. The monoisotopic (exact) mass is 252 g/mol. The first-order valence-electron chi connectivity index (χ1n) is 5.55. The minimum Gasteiger partial charge on any atom is -0.339 e. The van der Waals surface area contributed by atoms with Crippen LogP contribution in [0.3, 0.4) is 0 Å². The normalized spacial score (nSPS) is 14.8. The van der Waals surface area contributed by atoms with E-state index in [9.17, 15) is 0 Å². The predicted molar refractivity (Wildman–Crippen MR) is 66.0 cm³/mol. The number of hydrogen-bond donors (Lipinski definition) is 1. The summed E-state index contributed by atoms with van der Waals surface area (Å²) < 4.78 is 5.20. The molecule has 2 unspecified atom stereocenters. The van der Waals surface area contributed by atoms with Gasteiger partial charge in [-0.3, -0.25) is 0 Å². The van der Waals surface area contributed by atoms with E-state index in [-0.39, 0.29) is 12.0 Å². The average Bonchev–Trinajstić information content (AvgIpc) is 2.87. The molecule has 0 saturated carbocycles. The van der Waals surface area contributed by atoms with Crippen molar-refractivity contribution < 1.29 is 4.52 Å². The molecule has 0 aliphatic heterocycles. The third-order valence-corrected chi connectivity index (χ3v) is 3.60. The molecule has 0 spiro atoms. The van der Waals surface area contributed by atoms with E-state index >= 15 is 0 Å². The highest BCUT2D eigenvalue weighted by Crippen LogP contribution is 2.17. The molecule has 0 saturated heterocycles. The zero-order valence-electron chi connectivity index (χ0n) is 10.2. The molecule has 0 aliphatic rings. The molecule has 2 atom stereocenters. The molecule has 92 valence electrons. The van der Waals surface area contributed by atoms with E-state index in [0.717, 1.165) is 10.7 Å². The van der Waals surface area contributed by atoms with E-state index in [1.54, 1.807) is 11.3 Å². The van der Waals surface area contributed by atoms with Crippen LogP contribution < -0.4 is 5.73 Å². The summed E-state index contributed by atoms with van der Waals surface area (Å²) in [4.78, 5) is 8.71. The topological polar surface area (TPSA) is 77.8 Å². The maximum Gasteiger partial charge on any atom is 0.231 e. The highest BCUT2D eigenvalue weighted by Gasteiger charge is 2.18. The molecule has 0 radical (unpaired) electrons. The second-order valence-corrected chi connectivity index (χ2v) is 5.20. The number of nitrogens with two attached hydrogens (primary N) is 1. The lowest BCUT2D eigenvalue weighted by Gasteiger charge is -2.09. The van der Waals surface area contributed by atoms with Gasteiger partial charge in [-0.1, -0.05) is 12.1 Å². The molecule has 2 aromatic rings. The first-order chi connectivity index (χ1) is 8.06. The number of nitrogens with zero attached hydrogens (tertiary/aromatic N) is 3. The molecule has 0 fully saturated rings. The number of aromatic nitrogens is 3. The average molecular weight is 252 g/mol. The smallest absolute Gasteiger partial charge is 0.231 e. The van der Waals surface area contributed by atoms with Crippen LogP contribution in [0.2, 0.25) is 0 Å². The molecule has 0 aromatic carbocycles. The molecule has 0 bridgehead atoms. The highest BCUT2D eigenvalue weighted by atomic mass is 32.1. The fourth-order valence-corrected chi connectivity index (χ4v) is 2.14. The summed E-state index contributed by atoms with van der Waals surface area (Å²) in [6.07, 6.45) is 0.619. The first kappa shape index (κ1) is 12.2. The van der Waals surface area contributed by atoms with Gasteiger partial charge in [-0.25, -0.2) is 4.98 Å². The third-order valence-electron chi connectivity index (χ3n) is 2.64. The Morgan fingerprint density at radius 2 is 2.18 bits per heavy atom. The van der Waals surface area contributed by atoms with Gasteiger partial charge in [-0.2, -0.15) is 4.98 Å².